The zero-order valence-electron chi connectivity index (χ0n) is 13.9. The maximum absolute atomic E-state index is 13.2. The Hall–Kier alpha value is -3.35. The minimum Gasteiger partial charge on any atom is -0.318 e. The van der Waals surface area contributed by atoms with E-state index in [1.54, 1.807) is 25.4 Å². The number of nitrogens with zero attached hydrogens (tertiary/aromatic N) is 2. The topological polar surface area (TPSA) is 64.0 Å². The van der Waals surface area contributed by atoms with Crippen LogP contribution in [0.4, 0.5) is 14.6 Å². The van der Waals surface area contributed by atoms with Crippen molar-refractivity contribution >= 4 is 11.7 Å². The minimum absolute atomic E-state index is 0.207. The van der Waals surface area contributed by atoms with Gasteiger partial charge in [-0.1, -0.05) is 12.1 Å². The summed E-state index contributed by atoms with van der Waals surface area (Å²) >= 11 is 0. The molecular weight excluding hydrogens is 340 g/mol. The highest BCUT2D eigenvalue weighted by Gasteiger charge is 2.08. The molecule has 0 aliphatic rings. The highest BCUT2D eigenvalue weighted by molar-refractivity contribution is 6.03. The Morgan fingerprint density at radius 2 is 1.85 bits per heavy atom. The Morgan fingerprint density at radius 3 is 2.50 bits per heavy atom. The van der Waals surface area contributed by atoms with Crippen LogP contribution in [0.1, 0.15) is 21.5 Å². The molecule has 0 saturated heterocycles. The number of hydrogen-bond donors (Lipinski definition) is 1. The molecule has 0 unspecified atom stereocenters. The van der Waals surface area contributed by atoms with Crippen LogP contribution in [-0.4, -0.2) is 15.5 Å². The van der Waals surface area contributed by atoms with Crippen LogP contribution in [0, 0.1) is 11.6 Å². The number of carbonyl (C=O) groups is 1. The van der Waals surface area contributed by atoms with Crippen LogP contribution in [0.5, 0.6) is 0 Å². The van der Waals surface area contributed by atoms with Gasteiger partial charge in [0.05, 0.1) is 5.56 Å². The summed E-state index contributed by atoms with van der Waals surface area (Å²) in [5.41, 5.74) is 1.53. The monoisotopic (exact) mass is 355 g/mol. The number of anilines is 1. The molecule has 5 nitrogen and oxygen atoms in total. The predicted octanol–water partition coefficient (Wildman–Crippen LogP) is 2.90. The van der Waals surface area contributed by atoms with Gasteiger partial charge in [0, 0.05) is 25.5 Å². The second-order valence-corrected chi connectivity index (χ2v) is 5.80. The predicted molar refractivity (Wildman–Crippen MR) is 93.0 cm³/mol. The zero-order valence-corrected chi connectivity index (χ0v) is 13.9. The third-order valence-electron chi connectivity index (χ3n) is 3.81. The van der Waals surface area contributed by atoms with E-state index in [-0.39, 0.29) is 11.5 Å². The van der Waals surface area contributed by atoms with E-state index in [4.69, 9.17) is 0 Å². The molecule has 132 valence electrons. The molecule has 0 aliphatic heterocycles. The lowest BCUT2D eigenvalue weighted by atomic mass is 10.1. The average Bonchev–Trinajstić information content (AvgIpc) is 2.62. The van der Waals surface area contributed by atoms with E-state index >= 15 is 0 Å². The number of halogens is 2. The summed E-state index contributed by atoms with van der Waals surface area (Å²) in [6, 6.07) is 9.85. The van der Waals surface area contributed by atoms with Gasteiger partial charge in [0.1, 0.15) is 5.82 Å². The van der Waals surface area contributed by atoms with Crippen LogP contribution in [0.3, 0.4) is 0 Å². The Kier molecular flexibility index (Phi) is 4.88. The van der Waals surface area contributed by atoms with E-state index in [9.17, 15) is 18.4 Å². The van der Waals surface area contributed by atoms with Crippen LogP contribution < -0.4 is 10.9 Å². The van der Waals surface area contributed by atoms with E-state index in [2.05, 4.69) is 10.3 Å². The number of hydrogen-bond acceptors (Lipinski definition) is 3. The summed E-state index contributed by atoms with van der Waals surface area (Å²) in [6.07, 6.45) is 3.38. The largest absolute Gasteiger partial charge is 0.318 e. The Balaban J connectivity index is 1.68. The number of amides is 1. The molecule has 3 rings (SSSR count). The molecule has 1 N–H and O–H groups in total. The molecule has 0 spiro atoms. The summed E-state index contributed by atoms with van der Waals surface area (Å²) in [5, 5.41) is 2.64. The summed E-state index contributed by atoms with van der Waals surface area (Å²) in [5.74, 6) is -1.82. The smallest absolute Gasteiger partial charge is 0.258 e. The number of carbonyl (C=O) groups excluding carboxylic acids is 1. The van der Waals surface area contributed by atoms with Gasteiger partial charge in [-0.15, -0.1) is 0 Å². The first-order valence-corrected chi connectivity index (χ1v) is 7.79. The molecular formula is C19H15F2N3O2. The summed E-state index contributed by atoms with van der Waals surface area (Å²) < 4.78 is 27.5. The highest BCUT2D eigenvalue weighted by Crippen LogP contribution is 2.14. The van der Waals surface area contributed by atoms with E-state index in [1.807, 2.05) is 0 Å². The van der Waals surface area contributed by atoms with Gasteiger partial charge in [0.25, 0.3) is 5.91 Å². The fraction of sp³-hybridized carbons (Fsp3) is 0.105. The second kappa shape index (κ2) is 7.26. The minimum atomic E-state index is -0.892. The van der Waals surface area contributed by atoms with Crippen molar-refractivity contribution in [3.8, 4) is 0 Å². The van der Waals surface area contributed by atoms with Crippen LogP contribution in [0.25, 0.3) is 0 Å². The summed E-state index contributed by atoms with van der Waals surface area (Å²) in [4.78, 5) is 27.7. The van der Waals surface area contributed by atoms with Gasteiger partial charge in [-0.25, -0.2) is 13.8 Å². The third kappa shape index (κ3) is 4.00. The average molecular weight is 355 g/mol. The van der Waals surface area contributed by atoms with Crippen molar-refractivity contribution in [1.82, 2.24) is 9.55 Å². The van der Waals surface area contributed by atoms with Gasteiger partial charge in [0.2, 0.25) is 5.56 Å². The quantitative estimate of drug-likeness (QED) is 0.783. The fourth-order valence-corrected chi connectivity index (χ4v) is 2.41. The van der Waals surface area contributed by atoms with Gasteiger partial charge < -0.3 is 9.88 Å². The molecule has 0 radical (unpaired) electrons. The number of benzene rings is 1. The Labute approximate surface area is 147 Å². The third-order valence-corrected chi connectivity index (χ3v) is 3.81. The van der Waals surface area contributed by atoms with Crippen molar-refractivity contribution in [2.75, 3.05) is 5.32 Å². The molecule has 26 heavy (non-hydrogen) atoms. The molecule has 0 saturated carbocycles. The van der Waals surface area contributed by atoms with Gasteiger partial charge >= 0.3 is 0 Å². The SMILES string of the molecule is Cn1cc(C(=O)Nc2ccc(Cc3ccc(F)c(F)c3)cn2)ccc1=O. The standard InChI is InChI=1S/C19H15F2N3O2/c1-24-11-14(4-7-18(24)25)19(26)23-17-6-3-13(10-22-17)8-12-2-5-15(20)16(21)9-12/h2-7,9-11H,8H2,1H3,(H,22,23,26). The summed E-state index contributed by atoms with van der Waals surface area (Å²) in [7, 11) is 1.56. The van der Waals surface area contributed by atoms with E-state index in [1.165, 1.54) is 29.0 Å². The number of pyridine rings is 2. The Bertz CT molecular complexity index is 1010. The normalized spacial score (nSPS) is 10.6. The number of nitrogens with one attached hydrogen (secondary N) is 1. The van der Waals surface area contributed by atoms with E-state index in [0.717, 1.165) is 17.7 Å². The van der Waals surface area contributed by atoms with Crippen molar-refractivity contribution in [2.24, 2.45) is 7.05 Å². The molecule has 0 atom stereocenters. The van der Waals surface area contributed by atoms with Crippen LogP contribution in [-0.2, 0) is 13.5 Å². The molecule has 2 heterocycles. The van der Waals surface area contributed by atoms with Gasteiger partial charge in [-0.05, 0) is 41.8 Å². The van der Waals surface area contributed by atoms with Gasteiger partial charge in [-0.3, -0.25) is 9.59 Å². The number of aromatic nitrogens is 2. The van der Waals surface area contributed by atoms with E-state index < -0.39 is 11.6 Å². The lowest BCUT2D eigenvalue weighted by molar-refractivity contribution is 0.102. The molecule has 0 fully saturated rings. The molecule has 2 aromatic heterocycles. The lowest BCUT2D eigenvalue weighted by Crippen LogP contribution is -2.19. The van der Waals surface area contributed by atoms with E-state index in [0.29, 0.717) is 23.4 Å². The van der Waals surface area contributed by atoms with Gasteiger partial charge in [0.15, 0.2) is 11.6 Å². The number of aryl methyl sites for hydroxylation is 1. The first-order valence-electron chi connectivity index (χ1n) is 7.79. The maximum atomic E-state index is 13.2. The molecule has 1 amide bonds. The molecule has 0 aliphatic carbocycles. The van der Waals surface area contributed by atoms with Crippen LogP contribution in [0.15, 0.2) is 59.7 Å². The van der Waals surface area contributed by atoms with Crippen molar-refractivity contribution in [2.45, 2.75) is 6.42 Å². The van der Waals surface area contributed by atoms with Crippen molar-refractivity contribution in [3.63, 3.8) is 0 Å². The molecule has 7 heteroatoms. The molecule has 1 aromatic carbocycles. The summed E-state index contributed by atoms with van der Waals surface area (Å²) in [6.45, 7) is 0. The van der Waals surface area contributed by atoms with Crippen molar-refractivity contribution in [3.05, 3.63) is 93.5 Å². The lowest BCUT2D eigenvalue weighted by Gasteiger charge is -2.07. The van der Waals surface area contributed by atoms with Crippen LogP contribution >= 0.6 is 0 Å². The van der Waals surface area contributed by atoms with Gasteiger partial charge in [-0.2, -0.15) is 0 Å². The number of rotatable bonds is 4. The van der Waals surface area contributed by atoms with Crippen LogP contribution in [0.2, 0.25) is 0 Å². The molecule has 0 bridgehead atoms. The molecule has 3 aromatic rings. The van der Waals surface area contributed by atoms with Crippen molar-refractivity contribution < 1.29 is 13.6 Å². The first-order chi connectivity index (χ1) is 12.4. The first kappa shape index (κ1) is 17.5. The highest BCUT2D eigenvalue weighted by atomic mass is 19.2. The fourth-order valence-electron chi connectivity index (χ4n) is 2.41. The zero-order chi connectivity index (χ0) is 18.7. The second-order valence-electron chi connectivity index (χ2n) is 5.80. The van der Waals surface area contributed by atoms with Crippen molar-refractivity contribution in [1.29, 1.82) is 0 Å². The Morgan fingerprint density at radius 1 is 1.08 bits per heavy atom. The maximum Gasteiger partial charge on any atom is 0.258 e.